The minimum atomic E-state index is -1.06. The van der Waals surface area contributed by atoms with Gasteiger partial charge in [0.05, 0.1) is 12.0 Å². The Hall–Kier alpha value is -2.48. The number of hydrogen-bond donors (Lipinski definition) is 2. The number of carbonyl (C=O) groups is 2. The van der Waals surface area contributed by atoms with E-state index in [0.717, 1.165) is 0 Å². The van der Waals surface area contributed by atoms with E-state index in [0.29, 0.717) is 11.3 Å². The molecule has 5 nitrogen and oxygen atoms in total. The van der Waals surface area contributed by atoms with Gasteiger partial charge in [0.25, 0.3) is 0 Å². The molecule has 0 radical (unpaired) electrons. The van der Waals surface area contributed by atoms with E-state index in [9.17, 15) is 9.59 Å². The van der Waals surface area contributed by atoms with Crippen LogP contribution < -0.4 is 10.5 Å². The molecule has 0 heterocycles. The molecule has 0 aliphatic heterocycles. The molecule has 3 N–H and O–H groups in total. The molecule has 1 amide bonds. The molecule has 0 saturated carbocycles. The maximum Gasteiger partial charge on any atom is 0.341 e. The fraction of sp³-hybridized carbons (Fsp3) is 0.167. The van der Waals surface area contributed by atoms with E-state index in [4.69, 9.17) is 15.6 Å². The Morgan fingerprint density at radius 1 is 1.35 bits per heavy atom. The van der Waals surface area contributed by atoms with Crippen LogP contribution in [0.5, 0.6) is 5.75 Å². The Kier molecular flexibility index (Phi) is 4.58. The van der Waals surface area contributed by atoms with Gasteiger partial charge in [0.1, 0.15) is 5.75 Å². The molecular weight excluding hydrogens is 222 g/mol. The first-order valence-electron chi connectivity index (χ1n) is 4.80. The number of amides is 1. The smallest absolute Gasteiger partial charge is 0.341 e. The number of aliphatic carboxylic acids is 1. The quantitative estimate of drug-likeness (QED) is 0.735. The monoisotopic (exact) mass is 233 g/mol. The van der Waals surface area contributed by atoms with Crippen molar-refractivity contribution in [2.24, 2.45) is 5.73 Å². The van der Waals surface area contributed by atoms with E-state index in [1.807, 2.05) is 0 Å². The van der Waals surface area contributed by atoms with Gasteiger partial charge in [0, 0.05) is 0 Å². The third-order valence-electron chi connectivity index (χ3n) is 1.72. The Balaban J connectivity index is 2.79. The molecule has 0 bridgehead atoms. The van der Waals surface area contributed by atoms with Gasteiger partial charge in [-0.15, -0.1) is 0 Å². The van der Waals surface area contributed by atoms with Crippen LogP contribution in [0.4, 0.5) is 0 Å². The highest BCUT2D eigenvalue weighted by atomic mass is 16.5. The summed E-state index contributed by atoms with van der Waals surface area (Å²) >= 11 is 0. The second-order valence-corrected chi connectivity index (χ2v) is 3.12. The van der Waals surface area contributed by atoms with Gasteiger partial charge in [0.15, 0.2) is 6.61 Å². The average molecular weight is 233 g/mol. The second-order valence-electron chi connectivity index (χ2n) is 3.12. The zero-order valence-corrected chi connectivity index (χ0v) is 8.97. The number of carboxylic acid groups (broad SMARTS) is 1. The highest BCUT2D eigenvalue weighted by molar-refractivity contribution is 5.76. The van der Waals surface area contributed by atoms with E-state index in [2.05, 4.69) is 11.8 Å². The maximum atomic E-state index is 10.5. The van der Waals surface area contributed by atoms with Crippen LogP contribution in [0, 0.1) is 11.8 Å². The van der Waals surface area contributed by atoms with Gasteiger partial charge in [-0.2, -0.15) is 0 Å². The normalized spacial score (nSPS) is 8.94. The third kappa shape index (κ3) is 4.71. The molecule has 0 fully saturated rings. The number of carboxylic acids is 1. The van der Waals surface area contributed by atoms with Gasteiger partial charge >= 0.3 is 5.97 Å². The number of benzene rings is 1. The lowest BCUT2D eigenvalue weighted by molar-refractivity contribution is -0.139. The van der Waals surface area contributed by atoms with E-state index in [1.54, 1.807) is 24.3 Å². The molecule has 0 saturated heterocycles. The van der Waals surface area contributed by atoms with Gasteiger partial charge in [-0.1, -0.05) is 24.0 Å². The lowest BCUT2D eigenvalue weighted by Crippen LogP contribution is -2.10. The van der Waals surface area contributed by atoms with Crippen LogP contribution in [0.1, 0.15) is 12.0 Å². The lowest BCUT2D eigenvalue weighted by atomic mass is 10.2. The standard InChI is InChI=1S/C12H11NO4/c13-11(14)7-3-5-9-4-1-2-6-10(9)17-8-12(15)16/h1-2,4,6H,7-8H2,(H2,13,14)(H,15,16). The van der Waals surface area contributed by atoms with Crippen molar-refractivity contribution in [3.05, 3.63) is 29.8 Å². The Bertz CT molecular complexity index is 485. The first-order chi connectivity index (χ1) is 8.09. The first-order valence-corrected chi connectivity index (χ1v) is 4.80. The van der Waals surface area contributed by atoms with Crippen molar-refractivity contribution in [1.29, 1.82) is 0 Å². The predicted molar refractivity (Wildman–Crippen MR) is 60.3 cm³/mol. The van der Waals surface area contributed by atoms with Crippen molar-refractivity contribution in [3.8, 4) is 17.6 Å². The van der Waals surface area contributed by atoms with Gasteiger partial charge in [0.2, 0.25) is 5.91 Å². The minimum Gasteiger partial charge on any atom is -0.481 e. The summed E-state index contributed by atoms with van der Waals surface area (Å²) in [7, 11) is 0. The van der Waals surface area contributed by atoms with Gasteiger partial charge in [-0.05, 0) is 12.1 Å². The van der Waals surface area contributed by atoms with Crippen LogP contribution in [-0.2, 0) is 9.59 Å². The van der Waals surface area contributed by atoms with E-state index < -0.39 is 18.5 Å². The summed E-state index contributed by atoms with van der Waals surface area (Å²) in [5.41, 5.74) is 5.47. The Labute approximate surface area is 98.2 Å². The molecule has 17 heavy (non-hydrogen) atoms. The SMILES string of the molecule is NC(=O)CC#Cc1ccccc1OCC(=O)O. The number of nitrogens with two attached hydrogens (primary N) is 1. The molecule has 0 aliphatic carbocycles. The molecule has 0 spiro atoms. The van der Waals surface area contributed by atoms with Crippen molar-refractivity contribution in [2.75, 3.05) is 6.61 Å². The highest BCUT2D eigenvalue weighted by Gasteiger charge is 2.02. The van der Waals surface area contributed by atoms with E-state index in [1.165, 1.54) is 0 Å². The third-order valence-corrected chi connectivity index (χ3v) is 1.72. The maximum absolute atomic E-state index is 10.5. The number of para-hydroxylation sites is 1. The zero-order valence-electron chi connectivity index (χ0n) is 8.97. The Morgan fingerprint density at radius 2 is 2.06 bits per heavy atom. The topological polar surface area (TPSA) is 89.6 Å². The summed E-state index contributed by atoms with van der Waals surface area (Å²) in [6, 6.07) is 6.72. The predicted octanol–water partition coefficient (Wildman–Crippen LogP) is 0.377. The molecule has 0 unspecified atom stereocenters. The first kappa shape index (κ1) is 12.6. The molecule has 88 valence electrons. The fourth-order valence-corrected chi connectivity index (χ4v) is 1.06. The van der Waals surface area contributed by atoms with Crippen LogP contribution in [0.3, 0.4) is 0 Å². The van der Waals surface area contributed by atoms with Crippen molar-refractivity contribution in [2.45, 2.75) is 6.42 Å². The molecule has 0 atom stereocenters. The number of ether oxygens (including phenoxy) is 1. The van der Waals surface area contributed by atoms with Crippen LogP contribution >= 0.6 is 0 Å². The van der Waals surface area contributed by atoms with E-state index >= 15 is 0 Å². The van der Waals surface area contributed by atoms with Crippen molar-refractivity contribution in [1.82, 2.24) is 0 Å². The van der Waals surface area contributed by atoms with Crippen LogP contribution in [-0.4, -0.2) is 23.6 Å². The molecule has 0 aromatic heterocycles. The van der Waals surface area contributed by atoms with Crippen molar-refractivity contribution >= 4 is 11.9 Å². The molecule has 1 aromatic rings. The lowest BCUT2D eigenvalue weighted by Gasteiger charge is -2.04. The highest BCUT2D eigenvalue weighted by Crippen LogP contribution is 2.16. The molecule has 0 aliphatic rings. The van der Waals surface area contributed by atoms with Gasteiger partial charge < -0.3 is 15.6 Å². The fourth-order valence-electron chi connectivity index (χ4n) is 1.06. The van der Waals surface area contributed by atoms with Crippen LogP contribution in [0.25, 0.3) is 0 Å². The summed E-state index contributed by atoms with van der Waals surface area (Å²) < 4.78 is 5.04. The summed E-state index contributed by atoms with van der Waals surface area (Å²) in [6.45, 7) is -0.436. The Morgan fingerprint density at radius 3 is 2.71 bits per heavy atom. The molecule has 5 heteroatoms. The largest absolute Gasteiger partial charge is 0.481 e. The molecule has 1 aromatic carbocycles. The number of hydrogen-bond acceptors (Lipinski definition) is 3. The summed E-state index contributed by atoms with van der Waals surface area (Å²) in [5, 5.41) is 8.49. The number of rotatable bonds is 4. The van der Waals surface area contributed by atoms with Gasteiger partial charge in [-0.25, -0.2) is 4.79 Å². The van der Waals surface area contributed by atoms with E-state index in [-0.39, 0.29) is 6.42 Å². The summed E-state index contributed by atoms with van der Waals surface area (Å²) in [5.74, 6) is 4.07. The van der Waals surface area contributed by atoms with Crippen LogP contribution in [0.2, 0.25) is 0 Å². The van der Waals surface area contributed by atoms with Gasteiger partial charge in [-0.3, -0.25) is 4.79 Å². The van der Waals surface area contributed by atoms with Crippen molar-refractivity contribution < 1.29 is 19.4 Å². The number of carbonyl (C=O) groups excluding carboxylic acids is 1. The zero-order chi connectivity index (χ0) is 12.7. The van der Waals surface area contributed by atoms with Crippen LogP contribution in [0.15, 0.2) is 24.3 Å². The second kappa shape index (κ2) is 6.18. The molecule has 1 rings (SSSR count). The van der Waals surface area contributed by atoms with Crippen molar-refractivity contribution in [3.63, 3.8) is 0 Å². The molecular formula is C12H11NO4. The summed E-state index contributed by atoms with van der Waals surface area (Å²) in [4.78, 5) is 20.9. The summed E-state index contributed by atoms with van der Waals surface area (Å²) in [6.07, 6.45) is -0.0483. The average Bonchev–Trinajstić information content (AvgIpc) is 2.27. The minimum absolute atomic E-state index is 0.0483. The number of primary amides is 1.